The van der Waals surface area contributed by atoms with E-state index < -0.39 is 0 Å². The summed E-state index contributed by atoms with van der Waals surface area (Å²) in [6.45, 7) is 3.86. The average molecular weight is 545 g/mol. The van der Waals surface area contributed by atoms with Crippen molar-refractivity contribution in [1.29, 1.82) is 0 Å². The molecule has 0 spiro atoms. The van der Waals surface area contributed by atoms with Crippen molar-refractivity contribution in [2.45, 2.75) is 13.5 Å². The molecule has 38 heavy (non-hydrogen) atoms. The molecule has 9 heteroatoms. The van der Waals surface area contributed by atoms with Crippen LogP contribution in [0, 0.1) is 16.7 Å². The van der Waals surface area contributed by atoms with Gasteiger partial charge in [-0.15, -0.1) is 11.3 Å². The summed E-state index contributed by atoms with van der Waals surface area (Å²) in [5.74, 6) is -0.417. The molecule has 1 saturated heterocycles. The molecule has 1 amide bonds. The maximum absolute atomic E-state index is 14.3. The minimum absolute atomic E-state index is 0.100. The molecule has 0 unspecified atom stereocenters. The van der Waals surface area contributed by atoms with Crippen molar-refractivity contribution >= 4 is 51.7 Å². The lowest BCUT2D eigenvalue weighted by molar-refractivity contribution is -0.132. The Morgan fingerprint density at radius 1 is 0.974 bits per heavy atom. The van der Waals surface area contributed by atoms with Gasteiger partial charge >= 0.3 is 0 Å². The van der Waals surface area contributed by atoms with Gasteiger partial charge < -0.3 is 9.80 Å². The lowest BCUT2D eigenvalue weighted by Gasteiger charge is -2.36. The number of hydrogen-bond donors (Lipinski definition) is 0. The van der Waals surface area contributed by atoms with Crippen molar-refractivity contribution in [3.05, 3.63) is 98.5 Å². The van der Waals surface area contributed by atoms with Gasteiger partial charge in [-0.1, -0.05) is 54.1 Å². The Hall–Kier alpha value is -3.82. The molecule has 0 bridgehead atoms. The number of carbonyl (C=O) groups excluding carboxylic acids is 1. The van der Waals surface area contributed by atoms with Crippen molar-refractivity contribution in [2.75, 3.05) is 31.1 Å². The number of carbonyl (C=O) groups is 1. The van der Waals surface area contributed by atoms with Crippen LogP contribution in [0.15, 0.2) is 77.6 Å². The second kappa shape index (κ2) is 9.81. The maximum Gasteiger partial charge on any atom is 0.262 e. The number of aromatic nitrogens is 2. The maximum atomic E-state index is 14.3. The molecule has 0 atom stereocenters. The Kier molecular flexibility index (Phi) is 6.33. The summed E-state index contributed by atoms with van der Waals surface area (Å²) < 4.78 is 18.4. The molecule has 1 aliphatic heterocycles. The number of anilines is 1. The van der Waals surface area contributed by atoms with E-state index in [1.165, 1.54) is 17.4 Å². The second-order valence-corrected chi connectivity index (χ2v) is 11.1. The third-order valence-electron chi connectivity index (χ3n) is 7.06. The minimum atomic E-state index is -0.268. The first-order chi connectivity index (χ1) is 18.4. The Morgan fingerprint density at radius 3 is 2.47 bits per heavy atom. The van der Waals surface area contributed by atoms with Crippen LogP contribution in [0.1, 0.15) is 5.56 Å². The lowest BCUT2D eigenvalue weighted by atomic mass is 10.1. The van der Waals surface area contributed by atoms with E-state index in [4.69, 9.17) is 12.2 Å². The molecule has 3 aromatic carbocycles. The largest absolute Gasteiger partial charge is 0.366 e. The summed E-state index contributed by atoms with van der Waals surface area (Å²) in [6, 6.07) is 22.1. The zero-order valence-corrected chi connectivity index (χ0v) is 22.4. The van der Waals surface area contributed by atoms with Gasteiger partial charge in [0.05, 0.1) is 21.5 Å². The molecule has 6 rings (SSSR count). The van der Waals surface area contributed by atoms with Crippen LogP contribution in [0.4, 0.5) is 10.1 Å². The summed E-state index contributed by atoms with van der Waals surface area (Å²) >= 11 is 7.22. The smallest absolute Gasteiger partial charge is 0.262 e. The van der Waals surface area contributed by atoms with E-state index in [0.717, 1.165) is 21.5 Å². The predicted octanol–water partition coefficient (Wildman–Crippen LogP) is 5.51. The van der Waals surface area contributed by atoms with Crippen LogP contribution in [0.2, 0.25) is 0 Å². The first-order valence-corrected chi connectivity index (χ1v) is 13.7. The summed E-state index contributed by atoms with van der Waals surface area (Å²) in [4.78, 5) is 31.9. The molecule has 1 fully saturated rings. The van der Waals surface area contributed by atoms with Crippen molar-refractivity contribution < 1.29 is 9.18 Å². The van der Waals surface area contributed by atoms with E-state index in [1.807, 2.05) is 58.7 Å². The highest BCUT2D eigenvalue weighted by Crippen LogP contribution is 2.33. The molecular formula is C29H25FN4O2S2. The number of benzene rings is 3. The number of nitrogens with zero attached hydrogens (tertiary/aromatic N) is 4. The number of rotatable bonds is 4. The number of piperazine rings is 1. The van der Waals surface area contributed by atoms with Gasteiger partial charge in [0, 0.05) is 26.2 Å². The zero-order valence-electron chi connectivity index (χ0n) is 20.8. The van der Waals surface area contributed by atoms with Crippen LogP contribution < -0.4 is 10.5 Å². The first kappa shape index (κ1) is 24.5. The molecule has 0 N–H and O–H groups in total. The highest BCUT2D eigenvalue weighted by Gasteiger charge is 2.25. The molecule has 1 aliphatic rings. The van der Waals surface area contributed by atoms with E-state index in [-0.39, 0.29) is 23.8 Å². The molecule has 0 radical (unpaired) electrons. The number of aryl methyl sites for hydroxylation is 1. The van der Waals surface area contributed by atoms with Gasteiger partial charge in [0.25, 0.3) is 5.56 Å². The van der Waals surface area contributed by atoms with Crippen molar-refractivity contribution in [3.63, 3.8) is 0 Å². The van der Waals surface area contributed by atoms with Gasteiger partial charge in [-0.05, 0) is 49.0 Å². The molecule has 6 nitrogen and oxygen atoms in total. The Morgan fingerprint density at radius 2 is 1.71 bits per heavy atom. The van der Waals surface area contributed by atoms with Crippen LogP contribution in [0.25, 0.3) is 27.0 Å². The highest BCUT2D eigenvalue weighted by molar-refractivity contribution is 7.73. The van der Waals surface area contributed by atoms with Gasteiger partial charge in [-0.2, -0.15) is 0 Å². The van der Waals surface area contributed by atoms with Gasteiger partial charge in [-0.25, -0.2) is 4.39 Å². The number of thiazole rings is 1. The molecule has 0 saturated carbocycles. The van der Waals surface area contributed by atoms with Crippen LogP contribution in [0.5, 0.6) is 0 Å². The van der Waals surface area contributed by atoms with Crippen LogP contribution in [-0.2, 0) is 11.3 Å². The summed E-state index contributed by atoms with van der Waals surface area (Å²) in [6.07, 6.45) is 0. The molecule has 3 heterocycles. The molecule has 5 aromatic rings. The predicted molar refractivity (Wildman–Crippen MR) is 153 cm³/mol. The Bertz CT molecular complexity index is 1820. The van der Waals surface area contributed by atoms with Crippen LogP contribution in [0.3, 0.4) is 0 Å². The molecule has 2 aromatic heterocycles. The molecule has 0 aliphatic carbocycles. The van der Waals surface area contributed by atoms with E-state index in [2.05, 4.69) is 6.07 Å². The van der Waals surface area contributed by atoms with Gasteiger partial charge in [0.15, 0.2) is 3.95 Å². The fraction of sp³-hybridized carbons (Fsp3) is 0.207. The van der Waals surface area contributed by atoms with Gasteiger partial charge in [-0.3, -0.25) is 18.6 Å². The molecular weight excluding hydrogens is 519 g/mol. The normalized spacial score (nSPS) is 13.9. The third kappa shape index (κ3) is 4.21. The number of hydrogen-bond acceptors (Lipinski definition) is 5. The first-order valence-electron chi connectivity index (χ1n) is 12.4. The van der Waals surface area contributed by atoms with E-state index >= 15 is 0 Å². The SMILES string of the molecule is Cc1cccc(-c2sc(=S)n3c4ccccc4c(=O)n(CC(=O)N4CCN(c5ccccc5F)CC4)c23)c1. The Balaban J connectivity index is 1.40. The number of amides is 1. The summed E-state index contributed by atoms with van der Waals surface area (Å²) in [5.41, 5.74) is 3.74. The summed E-state index contributed by atoms with van der Waals surface area (Å²) in [5, 5.41) is 0.516. The number of para-hydroxylation sites is 2. The van der Waals surface area contributed by atoms with Crippen LogP contribution in [-0.4, -0.2) is 46.0 Å². The third-order valence-corrected chi connectivity index (χ3v) is 8.47. The van der Waals surface area contributed by atoms with E-state index in [0.29, 0.717) is 46.9 Å². The monoisotopic (exact) mass is 544 g/mol. The topological polar surface area (TPSA) is 50.0 Å². The molecule has 192 valence electrons. The average Bonchev–Trinajstić information content (AvgIpc) is 3.28. The highest BCUT2D eigenvalue weighted by atomic mass is 32.1. The van der Waals surface area contributed by atoms with Crippen molar-refractivity contribution in [1.82, 2.24) is 13.9 Å². The fourth-order valence-electron chi connectivity index (χ4n) is 5.17. The lowest BCUT2D eigenvalue weighted by Crippen LogP contribution is -2.50. The number of halogens is 1. The standard InChI is InChI=1S/C29H25FN4O2S2/c1-19-7-6-8-20(17-19)26-27-33(28(36)21-9-2-4-11-23(21)34(27)29(37)38-26)18-25(35)32-15-13-31(14-16-32)24-12-5-3-10-22(24)30/h2-12,17H,13-16,18H2,1H3. The van der Waals surface area contributed by atoms with Crippen molar-refractivity contribution in [2.24, 2.45) is 0 Å². The number of fused-ring (bicyclic) bond motifs is 3. The van der Waals surface area contributed by atoms with E-state index in [9.17, 15) is 14.0 Å². The minimum Gasteiger partial charge on any atom is -0.366 e. The van der Waals surface area contributed by atoms with Crippen LogP contribution >= 0.6 is 23.6 Å². The van der Waals surface area contributed by atoms with E-state index in [1.54, 1.807) is 27.7 Å². The zero-order chi connectivity index (χ0) is 26.4. The Labute approximate surface area is 227 Å². The van der Waals surface area contributed by atoms with Crippen molar-refractivity contribution in [3.8, 4) is 10.4 Å². The van der Waals surface area contributed by atoms with Gasteiger partial charge in [0.2, 0.25) is 5.91 Å². The second-order valence-electron chi connectivity index (χ2n) is 9.45. The quantitative estimate of drug-likeness (QED) is 0.280. The van der Waals surface area contributed by atoms with Gasteiger partial charge in [0.1, 0.15) is 18.0 Å². The fourth-order valence-corrected chi connectivity index (χ4v) is 6.60. The summed E-state index contributed by atoms with van der Waals surface area (Å²) in [7, 11) is 0.